The molecule has 3 nitrogen and oxygen atoms in total. The summed E-state index contributed by atoms with van der Waals surface area (Å²) in [4.78, 5) is 13.6. The van der Waals surface area contributed by atoms with Crippen molar-refractivity contribution in [3.8, 4) is 0 Å². The average molecular weight is 185 g/mol. The highest BCUT2D eigenvalue weighted by atomic mass is 16.3. The Morgan fingerprint density at radius 2 is 2.23 bits per heavy atom. The molecule has 1 unspecified atom stereocenters. The lowest BCUT2D eigenvalue weighted by Crippen LogP contribution is -2.39. The summed E-state index contributed by atoms with van der Waals surface area (Å²) in [7, 11) is 0. The molecule has 0 aromatic rings. The van der Waals surface area contributed by atoms with Crippen molar-refractivity contribution in [3.05, 3.63) is 0 Å². The van der Waals surface area contributed by atoms with Crippen LogP contribution in [0, 0.1) is 5.41 Å². The predicted octanol–water partition coefficient (Wildman–Crippen LogP) is 1.02. The monoisotopic (exact) mass is 185 g/mol. The van der Waals surface area contributed by atoms with Crippen LogP contribution in [0.4, 0.5) is 0 Å². The van der Waals surface area contributed by atoms with Crippen LogP contribution < -0.4 is 0 Å². The topological polar surface area (TPSA) is 40.5 Å². The van der Waals surface area contributed by atoms with Gasteiger partial charge in [0, 0.05) is 18.5 Å². The van der Waals surface area contributed by atoms with Gasteiger partial charge in [-0.3, -0.25) is 4.79 Å². The van der Waals surface area contributed by atoms with E-state index in [-0.39, 0.29) is 17.4 Å². The number of carbonyl (C=O) groups is 1. The third kappa shape index (κ3) is 2.21. The SMILES string of the molecule is CCC(C)(C)C(=O)N1CCC(O)C1. The molecule has 1 N–H and O–H groups in total. The zero-order valence-electron chi connectivity index (χ0n) is 8.71. The summed E-state index contributed by atoms with van der Waals surface area (Å²) in [6, 6.07) is 0. The molecule has 0 bridgehead atoms. The smallest absolute Gasteiger partial charge is 0.228 e. The summed E-state index contributed by atoms with van der Waals surface area (Å²) in [6.07, 6.45) is 1.26. The van der Waals surface area contributed by atoms with Crippen LogP contribution in [0.25, 0.3) is 0 Å². The van der Waals surface area contributed by atoms with Crippen molar-refractivity contribution >= 4 is 5.91 Å². The first-order chi connectivity index (χ1) is 5.97. The predicted molar refractivity (Wildman–Crippen MR) is 51.3 cm³/mol. The Labute approximate surface area is 79.7 Å². The van der Waals surface area contributed by atoms with Gasteiger partial charge in [-0.1, -0.05) is 20.8 Å². The summed E-state index contributed by atoms with van der Waals surface area (Å²) < 4.78 is 0. The molecule has 1 fully saturated rings. The minimum atomic E-state index is -0.309. The Hall–Kier alpha value is -0.570. The second-order valence-corrected chi connectivity index (χ2v) is 4.43. The maximum atomic E-state index is 11.9. The Morgan fingerprint density at radius 3 is 2.62 bits per heavy atom. The Bertz CT molecular complexity index is 201. The number of nitrogens with zero attached hydrogens (tertiary/aromatic N) is 1. The molecule has 1 saturated heterocycles. The average Bonchev–Trinajstić information content (AvgIpc) is 2.50. The van der Waals surface area contributed by atoms with Crippen molar-refractivity contribution in [2.45, 2.75) is 39.7 Å². The van der Waals surface area contributed by atoms with Crippen LogP contribution in [0.1, 0.15) is 33.6 Å². The lowest BCUT2D eigenvalue weighted by atomic mass is 9.89. The zero-order valence-corrected chi connectivity index (χ0v) is 8.71. The normalized spacial score (nSPS) is 23.7. The second-order valence-electron chi connectivity index (χ2n) is 4.43. The molecule has 0 radical (unpaired) electrons. The summed E-state index contributed by atoms with van der Waals surface area (Å²) in [6.45, 7) is 7.16. The molecule has 1 atom stereocenters. The summed E-state index contributed by atoms with van der Waals surface area (Å²) in [5.74, 6) is 0.173. The highest BCUT2D eigenvalue weighted by Gasteiger charge is 2.33. The second kappa shape index (κ2) is 3.66. The summed E-state index contributed by atoms with van der Waals surface area (Å²) in [5.41, 5.74) is -0.274. The van der Waals surface area contributed by atoms with Gasteiger partial charge in [-0.05, 0) is 12.8 Å². The van der Waals surface area contributed by atoms with Crippen LogP contribution in [-0.4, -0.2) is 35.1 Å². The minimum absolute atomic E-state index is 0.173. The largest absolute Gasteiger partial charge is 0.391 e. The molecule has 0 saturated carbocycles. The molecule has 1 rings (SSSR count). The van der Waals surface area contributed by atoms with Crippen LogP contribution in [0.3, 0.4) is 0 Å². The minimum Gasteiger partial charge on any atom is -0.391 e. The Balaban J connectivity index is 2.58. The van der Waals surface area contributed by atoms with Gasteiger partial charge in [-0.2, -0.15) is 0 Å². The molecule has 76 valence electrons. The molecule has 1 aliphatic heterocycles. The fraction of sp³-hybridized carbons (Fsp3) is 0.900. The molecule has 1 heterocycles. The molecule has 0 aromatic carbocycles. The van der Waals surface area contributed by atoms with Gasteiger partial charge in [0.15, 0.2) is 0 Å². The molecule has 13 heavy (non-hydrogen) atoms. The number of amides is 1. The standard InChI is InChI=1S/C10H19NO2/c1-4-10(2,3)9(13)11-6-5-8(12)7-11/h8,12H,4-7H2,1-3H3. The van der Waals surface area contributed by atoms with E-state index in [1.54, 1.807) is 4.90 Å². The van der Waals surface area contributed by atoms with Crippen LogP contribution >= 0.6 is 0 Å². The van der Waals surface area contributed by atoms with Gasteiger partial charge in [0.25, 0.3) is 0 Å². The van der Waals surface area contributed by atoms with Crippen molar-refractivity contribution in [1.82, 2.24) is 4.90 Å². The van der Waals surface area contributed by atoms with Crippen molar-refractivity contribution in [3.63, 3.8) is 0 Å². The molecule has 0 aliphatic carbocycles. The van der Waals surface area contributed by atoms with Gasteiger partial charge in [0.05, 0.1) is 6.10 Å². The molecular weight excluding hydrogens is 166 g/mol. The van der Waals surface area contributed by atoms with E-state index in [1.165, 1.54) is 0 Å². The number of hydrogen-bond acceptors (Lipinski definition) is 2. The van der Waals surface area contributed by atoms with E-state index in [4.69, 9.17) is 0 Å². The fourth-order valence-corrected chi connectivity index (χ4v) is 1.51. The highest BCUT2D eigenvalue weighted by molar-refractivity contribution is 5.82. The van der Waals surface area contributed by atoms with Gasteiger partial charge in [0.2, 0.25) is 5.91 Å². The van der Waals surface area contributed by atoms with Crippen LogP contribution in [-0.2, 0) is 4.79 Å². The van der Waals surface area contributed by atoms with Crippen LogP contribution in [0.15, 0.2) is 0 Å². The van der Waals surface area contributed by atoms with E-state index in [2.05, 4.69) is 0 Å². The van der Waals surface area contributed by atoms with Crippen molar-refractivity contribution < 1.29 is 9.90 Å². The number of carbonyl (C=O) groups excluding carboxylic acids is 1. The Kier molecular flexibility index (Phi) is 2.96. The third-order valence-electron chi connectivity index (χ3n) is 2.91. The third-order valence-corrected chi connectivity index (χ3v) is 2.91. The maximum Gasteiger partial charge on any atom is 0.228 e. The number of hydrogen-bond donors (Lipinski definition) is 1. The lowest BCUT2D eigenvalue weighted by molar-refractivity contribution is -0.139. The van der Waals surface area contributed by atoms with E-state index >= 15 is 0 Å². The first-order valence-corrected chi connectivity index (χ1v) is 4.95. The number of aliphatic hydroxyl groups excluding tert-OH is 1. The van der Waals surface area contributed by atoms with Crippen LogP contribution in [0.2, 0.25) is 0 Å². The van der Waals surface area contributed by atoms with E-state index in [1.807, 2.05) is 20.8 Å². The van der Waals surface area contributed by atoms with E-state index < -0.39 is 0 Å². The Morgan fingerprint density at radius 1 is 1.62 bits per heavy atom. The molecule has 0 spiro atoms. The van der Waals surface area contributed by atoms with Crippen LogP contribution in [0.5, 0.6) is 0 Å². The van der Waals surface area contributed by atoms with Crippen molar-refractivity contribution in [2.24, 2.45) is 5.41 Å². The zero-order chi connectivity index (χ0) is 10.1. The molecule has 3 heteroatoms. The molecular formula is C10H19NO2. The first-order valence-electron chi connectivity index (χ1n) is 4.95. The highest BCUT2D eigenvalue weighted by Crippen LogP contribution is 2.25. The van der Waals surface area contributed by atoms with Gasteiger partial charge in [-0.15, -0.1) is 0 Å². The number of rotatable bonds is 2. The number of β-amino-alcohol motifs (C(OH)–C–C–N with tert-alkyl or cyclic N) is 1. The van der Waals surface area contributed by atoms with Gasteiger partial charge < -0.3 is 10.0 Å². The van der Waals surface area contributed by atoms with Gasteiger partial charge in [-0.25, -0.2) is 0 Å². The van der Waals surface area contributed by atoms with E-state index in [0.717, 1.165) is 12.8 Å². The molecule has 1 amide bonds. The van der Waals surface area contributed by atoms with Crippen molar-refractivity contribution in [1.29, 1.82) is 0 Å². The summed E-state index contributed by atoms with van der Waals surface area (Å²) in [5, 5.41) is 9.29. The van der Waals surface area contributed by atoms with E-state index in [0.29, 0.717) is 13.1 Å². The lowest BCUT2D eigenvalue weighted by Gasteiger charge is -2.27. The maximum absolute atomic E-state index is 11.9. The van der Waals surface area contributed by atoms with Crippen molar-refractivity contribution in [2.75, 3.05) is 13.1 Å². The fourth-order valence-electron chi connectivity index (χ4n) is 1.51. The number of aliphatic hydroxyl groups is 1. The summed E-state index contributed by atoms with van der Waals surface area (Å²) >= 11 is 0. The van der Waals surface area contributed by atoms with Gasteiger partial charge in [0.1, 0.15) is 0 Å². The van der Waals surface area contributed by atoms with E-state index in [9.17, 15) is 9.90 Å². The van der Waals surface area contributed by atoms with Gasteiger partial charge >= 0.3 is 0 Å². The quantitative estimate of drug-likeness (QED) is 0.697. The first kappa shape index (κ1) is 10.5. The number of likely N-dealkylation sites (tertiary alicyclic amines) is 1. The molecule has 1 aliphatic rings. The molecule has 0 aromatic heterocycles.